The van der Waals surface area contributed by atoms with Gasteiger partial charge in [-0.3, -0.25) is 4.79 Å². The summed E-state index contributed by atoms with van der Waals surface area (Å²) < 4.78 is 18.1. The van der Waals surface area contributed by atoms with Gasteiger partial charge in [0.05, 0.1) is 23.1 Å². The highest BCUT2D eigenvalue weighted by atomic mass is 79.9. The van der Waals surface area contributed by atoms with Crippen LogP contribution >= 0.6 is 27.5 Å². The molecule has 3 aromatic rings. The Labute approximate surface area is 176 Å². The maximum Gasteiger partial charge on any atom is 0.193 e. The number of hydrogen-bond donors (Lipinski definition) is 0. The van der Waals surface area contributed by atoms with Crippen LogP contribution in [0.25, 0.3) is 22.3 Å². The van der Waals surface area contributed by atoms with Crippen LogP contribution in [0.1, 0.15) is 19.8 Å². The number of rotatable bonds is 6. The molecule has 4 nitrogen and oxygen atoms in total. The number of fused-ring (bicyclic) bond motifs is 1. The maximum absolute atomic E-state index is 12.4. The van der Waals surface area contributed by atoms with Gasteiger partial charge in [0.15, 0.2) is 11.0 Å². The number of halogens is 2. The Kier molecular flexibility index (Phi) is 5.76. The van der Waals surface area contributed by atoms with E-state index in [-0.39, 0.29) is 5.43 Å². The molecule has 0 spiro atoms. The molecule has 1 aromatic heterocycles. The van der Waals surface area contributed by atoms with Gasteiger partial charge in [-0.1, -0.05) is 34.5 Å². The molecule has 0 amide bonds. The minimum atomic E-state index is -0.137. The zero-order chi connectivity index (χ0) is 19.7. The van der Waals surface area contributed by atoms with Gasteiger partial charge in [-0.15, -0.1) is 0 Å². The van der Waals surface area contributed by atoms with Crippen molar-refractivity contribution < 1.29 is 13.9 Å². The first-order valence-corrected chi connectivity index (χ1v) is 10.4. The summed E-state index contributed by atoms with van der Waals surface area (Å²) >= 11 is 9.58. The summed E-state index contributed by atoms with van der Waals surface area (Å²) in [5, 5.41) is 0.841. The lowest BCUT2D eigenvalue weighted by molar-refractivity contribution is -0.0351. The van der Waals surface area contributed by atoms with Gasteiger partial charge in [-0.05, 0) is 55.2 Å². The standard InChI is InChI=1S/C22H20BrClO4/c1-13-8-17(9-13)27-7-6-26-16-4-2-14(3-5-16)21-12-20(25)18-10-15(23)11-19(24)22(18)28-21/h2-5,10-13,17H,6-9H2,1H3. The average molecular weight is 464 g/mol. The van der Waals surface area contributed by atoms with E-state index in [2.05, 4.69) is 22.9 Å². The van der Waals surface area contributed by atoms with Crippen LogP contribution < -0.4 is 10.2 Å². The minimum Gasteiger partial charge on any atom is -0.491 e. The molecule has 2 aromatic carbocycles. The predicted molar refractivity (Wildman–Crippen MR) is 114 cm³/mol. The van der Waals surface area contributed by atoms with Gasteiger partial charge in [-0.25, -0.2) is 0 Å². The van der Waals surface area contributed by atoms with E-state index >= 15 is 0 Å². The third-order valence-electron chi connectivity index (χ3n) is 4.92. The van der Waals surface area contributed by atoms with Crippen LogP contribution in [0.4, 0.5) is 0 Å². The SMILES string of the molecule is CC1CC(OCCOc2ccc(-c3cc(=O)c4cc(Br)cc(Cl)c4o3)cc2)C1. The van der Waals surface area contributed by atoms with Gasteiger partial charge >= 0.3 is 0 Å². The van der Waals surface area contributed by atoms with Gasteiger partial charge in [-0.2, -0.15) is 0 Å². The van der Waals surface area contributed by atoms with Gasteiger partial charge < -0.3 is 13.9 Å². The van der Waals surface area contributed by atoms with Crippen molar-refractivity contribution in [1.82, 2.24) is 0 Å². The molecule has 0 aliphatic heterocycles. The molecule has 0 N–H and O–H groups in total. The van der Waals surface area contributed by atoms with E-state index in [1.807, 2.05) is 24.3 Å². The smallest absolute Gasteiger partial charge is 0.193 e. The van der Waals surface area contributed by atoms with E-state index in [9.17, 15) is 4.79 Å². The van der Waals surface area contributed by atoms with Gasteiger partial charge in [0, 0.05) is 16.1 Å². The van der Waals surface area contributed by atoms with Gasteiger partial charge in [0.1, 0.15) is 18.1 Å². The Morgan fingerprint density at radius 2 is 1.89 bits per heavy atom. The lowest BCUT2D eigenvalue weighted by Gasteiger charge is -2.32. The van der Waals surface area contributed by atoms with Crippen LogP contribution in [0.15, 0.2) is 56.1 Å². The summed E-state index contributed by atoms with van der Waals surface area (Å²) in [4.78, 5) is 12.4. The molecule has 0 unspecified atom stereocenters. The van der Waals surface area contributed by atoms with Crippen molar-refractivity contribution in [2.75, 3.05) is 13.2 Å². The molecule has 0 saturated heterocycles. The summed E-state index contributed by atoms with van der Waals surface area (Å²) in [6, 6.07) is 12.3. The fourth-order valence-corrected chi connectivity index (χ4v) is 4.23. The van der Waals surface area contributed by atoms with Crippen molar-refractivity contribution in [1.29, 1.82) is 0 Å². The van der Waals surface area contributed by atoms with Crippen molar-refractivity contribution in [3.05, 3.63) is 62.2 Å². The molecular weight excluding hydrogens is 444 g/mol. The first-order chi connectivity index (χ1) is 13.5. The molecule has 1 aliphatic carbocycles. The second-order valence-electron chi connectivity index (χ2n) is 7.18. The normalized spacial score (nSPS) is 18.8. The third kappa shape index (κ3) is 4.27. The lowest BCUT2D eigenvalue weighted by Crippen LogP contribution is -2.30. The first-order valence-electron chi connectivity index (χ1n) is 9.27. The lowest BCUT2D eigenvalue weighted by atomic mass is 9.84. The second kappa shape index (κ2) is 8.27. The summed E-state index contributed by atoms with van der Waals surface area (Å²) in [6.45, 7) is 3.34. The second-order valence-corrected chi connectivity index (χ2v) is 8.50. The fourth-order valence-electron chi connectivity index (χ4n) is 3.38. The maximum atomic E-state index is 12.4. The Morgan fingerprint density at radius 1 is 1.14 bits per heavy atom. The van der Waals surface area contributed by atoms with Crippen LogP contribution in [-0.2, 0) is 4.74 Å². The quantitative estimate of drug-likeness (QED) is 0.416. The van der Waals surface area contributed by atoms with E-state index in [1.165, 1.54) is 6.07 Å². The minimum absolute atomic E-state index is 0.137. The summed E-state index contributed by atoms with van der Waals surface area (Å²) in [5.41, 5.74) is 1.03. The molecule has 0 bridgehead atoms. The predicted octanol–water partition coefficient (Wildman–Crippen LogP) is 6.07. The Hall–Kier alpha value is -1.82. The number of ether oxygens (including phenoxy) is 2. The Bertz CT molecular complexity index is 1040. The summed E-state index contributed by atoms with van der Waals surface area (Å²) in [6.07, 6.45) is 2.68. The molecule has 0 radical (unpaired) electrons. The molecule has 28 heavy (non-hydrogen) atoms. The molecular formula is C22H20BrClO4. The van der Waals surface area contributed by atoms with E-state index < -0.39 is 0 Å². The molecule has 1 heterocycles. The van der Waals surface area contributed by atoms with Crippen molar-refractivity contribution >= 4 is 38.5 Å². The van der Waals surface area contributed by atoms with E-state index in [0.717, 1.165) is 34.5 Å². The van der Waals surface area contributed by atoms with Crippen molar-refractivity contribution in [3.8, 4) is 17.1 Å². The zero-order valence-corrected chi connectivity index (χ0v) is 17.8. The zero-order valence-electron chi connectivity index (χ0n) is 15.4. The van der Waals surface area contributed by atoms with Crippen LogP contribution in [-0.4, -0.2) is 19.3 Å². The molecule has 6 heteroatoms. The molecule has 1 aliphatic rings. The third-order valence-corrected chi connectivity index (χ3v) is 5.66. The monoisotopic (exact) mass is 462 g/mol. The molecule has 0 atom stereocenters. The van der Waals surface area contributed by atoms with Gasteiger partial charge in [0.2, 0.25) is 0 Å². The van der Waals surface area contributed by atoms with Crippen molar-refractivity contribution in [3.63, 3.8) is 0 Å². The molecule has 1 fully saturated rings. The van der Waals surface area contributed by atoms with Crippen molar-refractivity contribution in [2.45, 2.75) is 25.9 Å². The highest BCUT2D eigenvalue weighted by molar-refractivity contribution is 9.10. The fraction of sp³-hybridized carbons (Fsp3) is 0.318. The Morgan fingerprint density at radius 3 is 2.61 bits per heavy atom. The van der Waals surface area contributed by atoms with E-state index in [4.69, 9.17) is 25.5 Å². The number of benzene rings is 2. The molecule has 146 valence electrons. The van der Waals surface area contributed by atoms with E-state index in [1.54, 1.807) is 12.1 Å². The summed E-state index contributed by atoms with van der Waals surface area (Å²) in [7, 11) is 0. The number of hydrogen-bond acceptors (Lipinski definition) is 4. The first kappa shape index (κ1) is 19.5. The highest BCUT2D eigenvalue weighted by Gasteiger charge is 2.25. The largest absolute Gasteiger partial charge is 0.491 e. The topological polar surface area (TPSA) is 48.7 Å². The summed E-state index contributed by atoms with van der Waals surface area (Å²) in [5.74, 6) is 2.00. The van der Waals surface area contributed by atoms with Crippen molar-refractivity contribution in [2.24, 2.45) is 5.92 Å². The van der Waals surface area contributed by atoms with Crippen LogP contribution in [0.2, 0.25) is 5.02 Å². The van der Waals surface area contributed by atoms with E-state index in [0.29, 0.717) is 41.1 Å². The molecule has 4 rings (SSSR count). The molecule has 1 saturated carbocycles. The van der Waals surface area contributed by atoms with Crippen LogP contribution in [0, 0.1) is 5.92 Å². The van der Waals surface area contributed by atoms with Gasteiger partial charge in [0.25, 0.3) is 0 Å². The Balaban J connectivity index is 1.44. The average Bonchev–Trinajstić information content (AvgIpc) is 2.64. The highest BCUT2D eigenvalue weighted by Crippen LogP contribution is 2.31. The van der Waals surface area contributed by atoms with Crippen LogP contribution in [0.3, 0.4) is 0 Å². The van der Waals surface area contributed by atoms with Crippen LogP contribution in [0.5, 0.6) is 5.75 Å².